The maximum atomic E-state index is 4.52. The molecule has 1 aromatic heterocycles. The van der Waals surface area contributed by atoms with Crippen LogP contribution in [0.1, 0.15) is 38.4 Å². The third-order valence-corrected chi connectivity index (χ3v) is 3.24. The van der Waals surface area contributed by atoms with Crippen LogP contribution in [0.15, 0.2) is 6.20 Å². The summed E-state index contributed by atoms with van der Waals surface area (Å²) in [5.41, 5.74) is 1.09. The zero-order valence-electron chi connectivity index (χ0n) is 10.8. The zero-order chi connectivity index (χ0) is 12.0. The molecule has 1 unspecified atom stereocenters. The van der Waals surface area contributed by atoms with Gasteiger partial charge in [0.05, 0.1) is 5.69 Å². The molecule has 0 saturated carbocycles. The van der Waals surface area contributed by atoms with Gasteiger partial charge < -0.3 is 9.88 Å². The minimum atomic E-state index is 0.521. The van der Waals surface area contributed by atoms with E-state index in [4.69, 9.17) is 0 Å². The Kier molecular flexibility index (Phi) is 5.74. The molecule has 0 bridgehead atoms. The van der Waals surface area contributed by atoms with Crippen molar-refractivity contribution in [2.24, 2.45) is 0 Å². The summed E-state index contributed by atoms with van der Waals surface area (Å²) in [4.78, 5) is 4.52. The van der Waals surface area contributed by atoms with E-state index in [9.17, 15) is 0 Å². The van der Waals surface area contributed by atoms with Crippen LogP contribution in [0.4, 0.5) is 5.95 Å². The summed E-state index contributed by atoms with van der Waals surface area (Å²) in [6, 6.07) is 0.521. The molecule has 16 heavy (non-hydrogen) atoms. The lowest BCUT2D eigenvalue weighted by molar-refractivity contribution is 0.539. The van der Waals surface area contributed by atoms with Gasteiger partial charge in [-0.1, -0.05) is 6.92 Å². The summed E-state index contributed by atoms with van der Waals surface area (Å²) in [6.07, 6.45) is 6.62. The average Bonchev–Trinajstić information content (AvgIpc) is 2.64. The molecule has 0 spiro atoms. The number of imidazole rings is 1. The van der Waals surface area contributed by atoms with Gasteiger partial charge in [0.1, 0.15) is 0 Å². The molecule has 0 fully saturated rings. The van der Waals surface area contributed by atoms with Gasteiger partial charge in [0.25, 0.3) is 0 Å². The van der Waals surface area contributed by atoms with Gasteiger partial charge in [-0.25, -0.2) is 4.98 Å². The Morgan fingerprint density at radius 3 is 2.94 bits per heavy atom. The van der Waals surface area contributed by atoms with Crippen molar-refractivity contribution in [2.45, 2.75) is 39.7 Å². The molecule has 3 nitrogen and oxygen atoms in total. The Morgan fingerprint density at radius 2 is 2.31 bits per heavy atom. The molecule has 1 heterocycles. The van der Waals surface area contributed by atoms with E-state index in [1.807, 2.05) is 11.8 Å². The maximum absolute atomic E-state index is 4.52. The molecular weight excluding hydrogens is 218 g/mol. The number of nitrogens with zero attached hydrogens (tertiary/aromatic N) is 2. The van der Waals surface area contributed by atoms with Gasteiger partial charge in [-0.2, -0.15) is 11.8 Å². The van der Waals surface area contributed by atoms with Crippen LogP contribution in [0.3, 0.4) is 0 Å². The van der Waals surface area contributed by atoms with Crippen LogP contribution < -0.4 is 5.32 Å². The third kappa shape index (κ3) is 3.74. The summed E-state index contributed by atoms with van der Waals surface area (Å²) in [7, 11) is 0. The fraction of sp³-hybridized carbons (Fsp3) is 0.750. The van der Waals surface area contributed by atoms with Crippen molar-refractivity contribution in [3.63, 3.8) is 0 Å². The molecule has 92 valence electrons. The highest BCUT2D eigenvalue weighted by Gasteiger charge is 2.10. The van der Waals surface area contributed by atoms with Crippen LogP contribution >= 0.6 is 11.8 Å². The van der Waals surface area contributed by atoms with Crippen molar-refractivity contribution in [3.8, 4) is 0 Å². The Bertz CT molecular complexity index is 309. The monoisotopic (exact) mass is 241 g/mol. The lowest BCUT2D eigenvalue weighted by Crippen LogP contribution is -2.11. The smallest absolute Gasteiger partial charge is 0.203 e. The van der Waals surface area contributed by atoms with E-state index in [2.05, 4.69) is 48.1 Å². The quantitative estimate of drug-likeness (QED) is 0.794. The van der Waals surface area contributed by atoms with E-state index in [1.54, 1.807) is 0 Å². The normalized spacial score (nSPS) is 12.8. The lowest BCUT2D eigenvalue weighted by Gasteiger charge is -2.16. The first-order valence-electron chi connectivity index (χ1n) is 5.97. The molecule has 1 aromatic rings. The van der Waals surface area contributed by atoms with Crippen LogP contribution in [0, 0.1) is 6.92 Å². The number of hydrogen-bond acceptors (Lipinski definition) is 3. The van der Waals surface area contributed by atoms with E-state index < -0.39 is 0 Å². The molecule has 4 heteroatoms. The fourth-order valence-corrected chi connectivity index (χ4v) is 2.22. The number of rotatable bonds is 7. The zero-order valence-corrected chi connectivity index (χ0v) is 11.6. The lowest BCUT2D eigenvalue weighted by atomic mass is 10.2. The summed E-state index contributed by atoms with van der Waals surface area (Å²) in [5.74, 6) is 2.22. The number of aromatic nitrogens is 2. The second-order valence-corrected chi connectivity index (χ2v) is 5.16. The highest BCUT2D eigenvalue weighted by atomic mass is 32.2. The highest BCUT2D eigenvalue weighted by molar-refractivity contribution is 7.98. The second kappa shape index (κ2) is 6.84. The molecule has 0 amide bonds. The van der Waals surface area contributed by atoms with Crippen LogP contribution in [-0.4, -0.2) is 28.1 Å². The van der Waals surface area contributed by atoms with Crippen molar-refractivity contribution in [1.82, 2.24) is 9.55 Å². The Labute approximate surface area is 103 Å². The first-order chi connectivity index (χ1) is 7.69. The predicted molar refractivity (Wildman–Crippen MR) is 73.5 cm³/mol. The predicted octanol–water partition coefficient (Wildman–Crippen LogP) is 3.33. The average molecular weight is 241 g/mol. The van der Waals surface area contributed by atoms with E-state index in [-0.39, 0.29) is 0 Å². The van der Waals surface area contributed by atoms with Crippen LogP contribution in [-0.2, 0) is 0 Å². The molecule has 0 aromatic carbocycles. The largest absolute Gasteiger partial charge is 0.356 e. The van der Waals surface area contributed by atoms with Gasteiger partial charge in [0.15, 0.2) is 0 Å². The Hall–Kier alpha value is -0.640. The standard InChI is InChI=1S/C12H23N3S/c1-5-7-13-12-14-10(2)9-15(12)11(3)6-8-16-4/h9,11H,5-8H2,1-4H3,(H,13,14). The number of thioether (sulfide) groups is 1. The molecule has 0 saturated heterocycles. The first-order valence-corrected chi connectivity index (χ1v) is 7.36. The van der Waals surface area contributed by atoms with Gasteiger partial charge in [0, 0.05) is 18.8 Å². The molecule has 0 aliphatic carbocycles. The van der Waals surface area contributed by atoms with Crippen molar-refractivity contribution < 1.29 is 0 Å². The van der Waals surface area contributed by atoms with E-state index in [1.165, 1.54) is 12.2 Å². The van der Waals surface area contributed by atoms with Gasteiger partial charge in [-0.15, -0.1) is 0 Å². The molecule has 1 rings (SSSR count). The summed E-state index contributed by atoms with van der Waals surface area (Å²) < 4.78 is 2.27. The molecule has 1 atom stereocenters. The fourth-order valence-electron chi connectivity index (χ4n) is 1.65. The van der Waals surface area contributed by atoms with Crippen molar-refractivity contribution in [2.75, 3.05) is 23.9 Å². The van der Waals surface area contributed by atoms with Gasteiger partial charge in [0.2, 0.25) is 5.95 Å². The van der Waals surface area contributed by atoms with E-state index >= 15 is 0 Å². The summed E-state index contributed by atoms with van der Waals surface area (Å²) >= 11 is 1.90. The topological polar surface area (TPSA) is 29.9 Å². The van der Waals surface area contributed by atoms with Crippen molar-refractivity contribution >= 4 is 17.7 Å². The van der Waals surface area contributed by atoms with E-state index in [0.717, 1.165) is 24.6 Å². The molecule has 0 aliphatic rings. The Balaban J connectivity index is 2.68. The number of hydrogen-bond donors (Lipinski definition) is 1. The number of nitrogens with one attached hydrogen (secondary N) is 1. The van der Waals surface area contributed by atoms with Crippen LogP contribution in [0.2, 0.25) is 0 Å². The first kappa shape index (κ1) is 13.4. The minimum Gasteiger partial charge on any atom is -0.356 e. The molecule has 0 aliphatic heterocycles. The Morgan fingerprint density at radius 1 is 1.56 bits per heavy atom. The second-order valence-electron chi connectivity index (χ2n) is 4.17. The van der Waals surface area contributed by atoms with Gasteiger partial charge >= 0.3 is 0 Å². The highest BCUT2D eigenvalue weighted by Crippen LogP contribution is 2.20. The van der Waals surface area contributed by atoms with Crippen LogP contribution in [0.25, 0.3) is 0 Å². The molecule has 0 radical (unpaired) electrons. The summed E-state index contributed by atoms with van der Waals surface area (Å²) in [6.45, 7) is 7.47. The van der Waals surface area contributed by atoms with Crippen molar-refractivity contribution in [3.05, 3.63) is 11.9 Å². The third-order valence-electron chi connectivity index (χ3n) is 2.60. The SMILES string of the molecule is CCCNc1nc(C)cn1C(C)CCSC. The van der Waals surface area contributed by atoms with Crippen LogP contribution in [0.5, 0.6) is 0 Å². The summed E-state index contributed by atoms with van der Waals surface area (Å²) in [5, 5.41) is 3.39. The molecular formula is C12H23N3S. The molecule has 1 N–H and O–H groups in total. The minimum absolute atomic E-state index is 0.521. The maximum Gasteiger partial charge on any atom is 0.203 e. The van der Waals surface area contributed by atoms with Gasteiger partial charge in [-0.05, 0) is 38.7 Å². The number of anilines is 1. The van der Waals surface area contributed by atoms with E-state index in [0.29, 0.717) is 6.04 Å². The van der Waals surface area contributed by atoms with Gasteiger partial charge in [-0.3, -0.25) is 0 Å². The number of aryl methyl sites for hydroxylation is 1. The van der Waals surface area contributed by atoms with Crippen molar-refractivity contribution in [1.29, 1.82) is 0 Å².